The second-order valence-electron chi connectivity index (χ2n) is 5.92. The minimum absolute atomic E-state index is 0.250. The maximum Gasteiger partial charge on any atom is 0.319 e. The van der Waals surface area contributed by atoms with E-state index in [4.69, 9.17) is 0 Å². The van der Waals surface area contributed by atoms with Crippen molar-refractivity contribution in [3.8, 4) is 0 Å². The molecule has 142 valence electrons. The number of aliphatic hydroxyl groups is 1. The number of thioether (sulfide) groups is 1. The molecule has 5 nitrogen and oxygen atoms in total. The average molecular weight is 391 g/mol. The Kier molecular flexibility index (Phi) is 6.31. The molecule has 27 heavy (non-hydrogen) atoms. The van der Waals surface area contributed by atoms with E-state index in [0.717, 1.165) is 16.5 Å². The molecule has 0 bridgehead atoms. The van der Waals surface area contributed by atoms with Crippen LogP contribution in [-0.4, -0.2) is 34.5 Å². The number of H-pyrrole nitrogens is 1. The van der Waals surface area contributed by atoms with Crippen molar-refractivity contribution in [2.24, 2.45) is 0 Å². The molecule has 0 fully saturated rings. The Labute approximate surface area is 159 Å². The van der Waals surface area contributed by atoms with Gasteiger partial charge in [-0.25, -0.2) is 4.79 Å². The number of nitrogens with one attached hydrogen (secondary N) is 3. The van der Waals surface area contributed by atoms with Crippen LogP contribution >= 0.6 is 11.8 Å². The molecule has 0 saturated heterocycles. The normalized spacial score (nSPS) is 12.3. The van der Waals surface area contributed by atoms with Gasteiger partial charge in [-0.05, 0) is 30.2 Å². The van der Waals surface area contributed by atoms with Gasteiger partial charge in [0.15, 0.2) is 0 Å². The number of aromatic nitrogens is 1. The second kappa shape index (κ2) is 8.88. The molecule has 0 saturated carbocycles. The molecule has 1 heterocycles. The monoisotopic (exact) mass is 391 g/mol. The molecule has 2 aromatic carbocycles. The Morgan fingerprint density at radius 2 is 1.89 bits per heavy atom. The van der Waals surface area contributed by atoms with Gasteiger partial charge >= 0.3 is 6.03 Å². The summed E-state index contributed by atoms with van der Waals surface area (Å²) < 4.78 is 25.3. The highest BCUT2D eigenvalue weighted by molar-refractivity contribution is 7.99. The zero-order chi connectivity index (χ0) is 19.2. The van der Waals surface area contributed by atoms with Crippen molar-refractivity contribution >= 4 is 34.4 Å². The van der Waals surface area contributed by atoms with Crippen LogP contribution in [-0.2, 0) is 6.42 Å². The Bertz CT molecular complexity index is 917. The van der Waals surface area contributed by atoms with E-state index < -0.39 is 17.8 Å². The molecule has 2 amide bonds. The maximum atomic E-state index is 12.6. The molecule has 1 aromatic heterocycles. The fourth-order valence-corrected chi connectivity index (χ4v) is 3.43. The lowest BCUT2D eigenvalue weighted by Gasteiger charge is -2.17. The molecule has 1 unspecified atom stereocenters. The summed E-state index contributed by atoms with van der Waals surface area (Å²) in [6, 6.07) is 13.0. The van der Waals surface area contributed by atoms with Gasteiger partial charge < -0.3 is 20.7 Å². The molecule has 1 atom stereocenters. The minimum atomic E-state index is -2.58. The maximum absolute atomic E-state index is 12.6. The third-order valence-electron chi connectivity index (χ3n) is 4.05. The molecule has 0 aliphatic rings. The Balaban J connectivity index is 1.66. The summed E-state index contributed by atoms with van der Waals surface area (Å²) in [5.74, 6) is -2.58. The molecule has 0 spiro atoms. The number of halogens is 2. The zero-order valence-corrected chi connectivity index (χ0v) is 15.1. The SMILES string of the molecule is O=C(Nc1ccccc1SC(F)F)NC(CO)Cc1c[nH]c2ccccc12. The molecular formula is C19H19F2N3O2S. The highest BCUT2D eigenvalue weighted by Gasteiger charge is 2.16. The first kappa shape index (κ1) is 19.2. The third-order valence-corrected chi connectivity index (χ3v) is 4.84. The van der Waals surface area contributed by atoms with Crippen LogP contribution in [0, 0.1) is 0 Å². The molecule has 0 aliphatic heterocycles. The number of hydrogen-bond acceptors (Lipinski definition) is 3. The molecule has 3 rings (SSSR count). The predicted octanol–water partition coefficient (Wildman–Crippen LogP) is 4.21. The van der Waals surface area contributed by atoms with E-state index in [2.05, 4.69) is 15.6 Å². The molecular weight excluding hydrogens is 372 g/mol. The van der Waals surface area contributed by atoms with Gasteiger partial charge in [-0.2, -0.15) is 8.78 Å². The van der Waals surface area contributed by atoms with Crippen molar-refractivity contribution in [3.05, 3.63) is 60.3 Å². The number of aromatic amines is 1. The van der Waals surface area contributed by atoms with Crippen LogP contribution < -0.4 is 10.6 Å². The third kappa shape index (κ3) is 4.99. The highest BCUT2D eigenvalue weighted by Crippen LogP contribution is 2.31. The van der Waals surface area contributed by atoms with Crippen LogP contribution in [0.5, 0.6) is 0 Å². The van der Waals surface area contributed by atoms with Crippen molar-refractivity contribution in [1.29, 1.82) is 0 Å². The van der Waals surface area contributed by atoms with Gasteiger partial charge in [0.2, 0.25) is 0 Å². The highest BCUT2D eigenvalue weighted by atomic mass is 32.2. The lowest BCUT2D eigenvalue weighted by Crippen LogP contribution is -2.41. The predicted molar refractivity (Wildman–Crippen MR) is 103 cm³/mol. The number of amides is 2. The Morgan fingerprint density at radius 3 is 2.67 bits per heavy atom. The van der Waals surface area contributed by atoms with E-state index in [9.17, 15) is 18.7 Å². The molecule has 8 heteroatoms. The minimum Gasteiger partial charge on any atom is -0.394 e. The van der Waals surface area contributed by atoms with Crippen LogP contribution in [0.25, 0.3) is 10.9 Å². The van der Waals surface area contributed by atoms with Gasteiger partial charge in [0.05, 0.1) is 18.3 Å². The van der Waals surface area contributed by atoms with Crippen LogP contribution in [0.15, 0.2) is 59.6 Å². The summed E-state index contributed by atoms with van der Waals surface area (Å²) in [7, 11) is 0. The van der Waals surface area contributed by atoms with Gasteiger partial charge in [0.1, 0.15) is 0 Å². The zero-order valence-electron chi connectivity index (χ0n) is 14.3. The Morgan fingerprint density at radius 1 is 1.15 bits per heavy atom. The van der Waals surface area contributed by atoms with Crippen LogP contribution in [0.3, 0.4) is 0 Å². The van der Waals surface area contributed by atoms with Gasteiger partial charge in [0, 0.05) is 22.0 Å². The fraction of sp³-hybridized carbons (Fsp3) is 0.211. The number of alkyl halides is 2. The fourth-order valence-electron chi connectivity index (χ4n) is 2.84. The topological polar surface area (TPSA) is 77.2 Å². The van der Waals surface area contributed by atoms with Crippen molar-refractivity contribution in [2.45, 2.75) is 23.1 Å². The lowest BCUT2D eigenvalue weighted by atomic mass is 10.1. The number of rotatable bonds is 7. The summed E-state index contributed by atoms with van der Waals surface area (Å²) in [5.41, 5.74) is 2.24. The van der Waals surface area contributed by atoms with Crippen molar-refractivity contribution in [2.75, 3.05) is 11.9 Å². The number of benzene rings is 2. The quantitative estimate of drug-likeness (QED) is 0.456. The van der Waals surface area contributed by atoms with E-state index in [1.807, 2.05) is 30.5 Å². The number of aliphatic hydroxyl groups excluding tert-OH is 1. The number of fused-ring (bicyclic) bond motifs is 1. The van der Waals surface area contributed by atoms with E-state index >= 15 is 0 Å². The summed E-state index contributed by atoms with van der Waals surface area (Å²) in [6.45, 7) is -0.250. The van der Waals surface area contributed by atoms with Crippen LogP contribution in [0.1, 0.15) is 5.56 Å². The largest absolute Gasteiger partial charge is 0.394 e. The van der Waals surface area contributed by atoms with E-state index in [1.165, 1.54) is 6.07 Å². The van der Waals surface area contributed by atoms with Crippen molar-refractivity contribution < 1.29 is 18.7 Å². The smallest absolute Gasteiger partial charge is 0.319 e. The first-order valence-electron chi connectivity index (χ1n) is 8.34. The first-order valence-corrected chi connectivity index (χ1v) is 9.22. The molecule has 0 radical (unpaired) electrons. The number of para-hydroxylation sites is 2. The molecule has 3 aromatic rings. The molecule has 4 N–H and O–H groups in total. The molecule has 0 aliphatic carbocycles. The first-order chi connectivity index (χ1) is 13.1. The van der Waals surface area contributed by atoms with Gasteiger partial charge in [0.25, 0.3) is 5.76 Å². The van der Waals surface area contributed by atoms with Crippen LogP contribution in [0.2, 0.25) is 0 Å². The van der Waals surface area contributed by atoms with Crippen molar-refractivity contribution in [1.82, 2.24) is 10.3 Å². The number of hydrogen-bond donors (Lipinski definition) is 4. The lowest BCUT2D eigenvalue weighted by molar-refractivity contribution is 0.224. The van der Waals surface area contributed by atoms with E-state index in [0.29, 0.717) is 23.9 Å². The van der Waals surface area contributed by atoms with Crippen molar-refractivity contribution in [3.63, 3.8) is 0 Å². The standard InChI is InChI=1S/C19H19F2N3O2S/c20-18(21)27-17-8-4-3-7-16(17)24-19(26)23-13(11-25)9-12-10-22-15-6-2-1-5-14(12)15/h1-8,10,13,18,22,25H,9,11H2,(H2,23,24,26). The Hall–Kier alpha value is -2.58. The number of carbonyl (C=O) groups excluding carboxylic acids is 1. The van der Waals surface area contributed by atoms with Gasteiger partial charge in [-0.15, -0.1) is 0 Å². The number of urea groups is 1. The van der Waals surface area contributed by atoms with Gasteiger partial charge in [-0.1, -0.05) is 42.1 Å². The number of anilines is 1. The summed E-state index contributed by atoms with van der Waals surface area (Å²) >= 11 is 0.368. The van der Waals surface area contributed by atoms with E-state index in [1.54, 1.807) is 18.2 Å². The van der Waals surface area contributed by atoms with Gasteiger partial charge in [-0.3, -0.25) is 0 Å². The summed E-state index contributed by atoms with van der Waals surface area (Å²) in [6.07, 6.45) is 2.28. The van der Waals surface area contributed by atoms with E-state index in [-0.39, 0.29) is 11.5 Å². The summed E-state index contributed by atoms with van der Waals surface area (Å²) in [5, 5.41) is 15.9. The summed E-state index contributed by atoms with van der Waals surface area (Å²) in [4.78, 5) is 15.7. The second-order valence-corrected chi connectivity index (χ2v) is 6.95. The van der Waals surface area contributed by atoms with Crippen LogP contribution in [0.4, 0.5) is 19.3 Å². The average Bonchev–Trinajstić information content (AvgIpc) is 3.05. The number of carbonyl (C=O) groups is 1.